The molecule has 1 aromatic heterocycles. The number of methoxy groups -OCH3 is 1. The van der Waals surface area contributed by atoms with Crippen molar-refractivity contribution in [1.29, 1.82) is 0 Å². The summed E-state index contributed by atoms with van der Waals surface area (Å²) < 4.78 is 34.3. The fourth-order valence-electron chi connectivity index (χ4n) is 3.92. The first-order valence-electron chi connectivity index (χ1n) is 9.14. The molecule has 1 aromatic carbocycles. The molecule has 1 aliphatic carbocycles. The van der Waals surface area contributed by atoms with Crippen LogP contribution in [0.25, 0.3) is 10.9 Å². The van der Waals surface area contributed by atoms with Gasteiger partial charge in [0.2, 0.25) is 0 Å². The second-order valence-electron chi connectivity index (χ2n) is 7.40. The van der Waals surface area contributed by atoms with Crippen LogP contribution in [0.4, 0.5) is 8.78 Å². The zero-order valence-electron chi connectivity index (χ0n) is 15.3. The highest BCUT2D eigenvalue weighted by Gasteiger charge is 2.44. The molecule has 0 spiro atoms. The predicted octanol–water partition coefficient (Wildman–Crippen LogP) is 4.84. The number of hydrogen-bond donors (Lipinski definition) is 1. The number of ether oxygens (including phenoxy) is 1. The molecule has 0 amide bonds. The molecule has 1 aliphatic rings. The average Bonchev–Trinajstić information content (AvgIpc) is 2.97. The largest absolute Gasteiger partial charge is 0.390 e. The molecule has 1 saturated carbocycles. The SMILES string of the molecule is COCCn1cc(C(=O)CC[C@]2(O)CCCC(F)(F)C2)c2c(Cl)cccc21. The van der Waals surface area contributed by atoms with Crippen molar-refractivity contribution in [3.05, 3.63) is 35.0 Å². The van der Waals surface area contributed by atoms with E-state index in [9.17, 15) is 18.7 Å². The number of carbonyl (C=O) groups excluding carboxylic acids is 1. The van der Waals surface area contributed by atoms with Gasteiger partial charge in [-0.3, -0.25) is 4.79 Å². The highest BCUT2D eigenvalue weighted by atomic mass is 35.5. The van der Waals surface area contributed by atoms with Crippen molar-refractivity contribution in [1.82, 2.24) is 4.57 Å². The van der Waals surface area contributed by atoms with Gasteiger partial charge in [-0.15, -0.1) is 0 Å². The predicted molar refractivity (Wildman–Crippen MR) is 101 cm³/mol. The summed E-state index contributed by atoms with van der Waals surface area (Å²) in [5.74, 6) is -3.07. The molecular weight excluding hydrogens is 376 g/mol. The Morgan fingerprint density at radius 3 is 2.85 bits per heavy atom. The number of rotatable bonds is 7. The van der Waals surface area contributed by atoms with E-state index < -0.39 is 17.9 Å². The van der Waals surface area contributed by atoms with Crippen molar-refractivity contribution in [3.63, 3.8) is 0 Å². The van der Waals surface area contributed by atoms with Gasteiger partial charge in [0.25, 0.3) is 5.92 Å². The molecule has 0 unspecified atom stereocenters. The molecule has 1 atom stereocenters. The van der Waals surface area contributed by atoms with Gasteiger partial charge < -0.3 is 14.4 Å². The summed E-state index contributed by atoms with van der Waals surface area (Å²) in [6.45, 7) is 1.05. The molecule has 3 rings (SSSR count). The van der Waals surface area contributed by atoms with E-state index >= 15 is 0 Å². The number of carbonyl (C=O) groups is 1. The zero-order valence-corrected chi connectivity index (χ0v) is 16.1. The van der Waals surface area contributed by atoms with Gasteiger partial charge in [-0.1, -0.05) is 17.7 Å². The molecule has 7 heteroatoms. The maximum Gasteiger partial charge on any atom is 0.250 e. The quantitative estimate of drug-likeness (QED) is 0.677. The minimum Gasteiger partial charge on any atom is -0.390 e. The van der Waals surface area contributed by atoms with Crippen LogP contribution in [0.2, 0.25) is 5.02 Å². The van der Waals surface area contributed by atoms with Crippen molar-refractivity contribution < 1.29 is 23.4 Å². The number of nitrogens with zero attached hydrogens (tertiary/aromatic N) is 1. The third kappa shape index (κ3) is 4.50. The first kappa shape index (κ1) is 20.2. The fraction of sp³-hybridized carbons (Fsp3) is 0.550. The normalized spacial score (nSPS) is 22.3. The Balaban J connectivity index is 1.81. The molecule has 0 bridgehead atoms. The van der Waals surface area contributed by atoms with Gasteiger partial charge in [-0.2, -0.15) is 0 Å². The fourth-order valence-corrected chi connectivity index (χ4v) is 4.19. The van der Waals surface area contributed by atoms with Crippen LogP contribution in [0.15, 0.2) is 24.4 Å². The summed E-state index contributed by atoms with van der Waals surface area (Å²) in [4.78, 5) is 12.8. The Bertz CT molecular complexity index is 836. The van der Waals surface area contributed by atoms with Crippen LogP contribution >= 0.6 is 11.6 Å². The molecule has 0 aliphatic heterocycles. The van der Waals surface area contributed by atoms with Crippen LogP contribution in [0.5, 0.6) is 0 Å². The molecule has 4 nitrogen and oxygen atoms in total. The van der Waals surface area contributed by atoms with Crippen LogP contribution in [0, 0.1) is 0 Å². The van der Waals surface area contributed by atoms with Gasteiger partial charge in [-0.25, -0.2) is 8.78 Å². The zero-order chi connectivity index (χ0) is 19.7. The third-order valence-electron chi connectivity index (χ3n) is 5.28. The molecular formula is C20H24ClF2NO3. The Morgan fingerprint density at radius 1 is 1.37 bits per heavy atom. The first-order valence-corrected chi connectivity index (χ1v) is 9.52. The standard InChI is InChI=1S/C20H24ClF2NO3/c1-27-11-10-24-12-14(18-15(21)4-2-5-16(18)24)17(25)6-9-19(26)7-3-8-20(22,23)13-19/h2,4-5,12,26H,3,6-11,13H2,1H3/t19-/m1/s1. The highest BCUT2D eigenvalue weighted by molar-refractivity contribution is 6.37. The monoisotopic (exact) mass is 399 g/mol. The number of alkyl halides is 2. The smallest absolute Gasteiger partial charge is 0.250 e. The highest BCUT2D eigenvalue weighted by Crippen LogP contribution is 2.41. The Hall–Kier alpha value is -1.50. The summed E-state index contributed by atoms with van der Waals surface area (Å²) in [7, 11) is 1.60. The number of benzene rings is 1. The Kier molecular flexibility index (Phi) is 5.89. The van der Waals surface area contributed by atoms with Gasteiger partial charge >= 0.3 is 0 Å². The maximum atomic E-state index is 13.7. The van der Waals surface area contributed by atoms with Crippen molar-refractivity contribution >= 4 is 28.3 Å². The number of Topliss-reactive ketones (excluding diaryl/α,β-unsaturated/α-hetero) is 1. The van der Waals surface area contributed by atoms with Crippen molar-refractivity contribution in [2.24, 2.45) is 0 Å². The molecule has 2 aromatic rings. The lowest BCUT2D eigenvalue weighted by molar-refractivity contribution is -0.126. The minimum atomic E-state index is -2.87. The molecule has 1 heterocycles. The van der Waals surface area contributed by atoms with E-state index in [1.807, 2.05) is 16.7 Å². The van der Waals surface area contributed by atoms with E-state index in [0.717, 1.165) is 5.52 Å². The van der Waals surface area contributed by atoms with Gasteiger partial charge in [-0.05, 0) is 31.4 Å². The van der Waals surface area contributed by atoms with Gasteiger partial charge in [0.1, 0.15) is 0 Å². The molecule has 148 valence electrons. The molecule has 1 N–H and O–H groups in total. The second kappa shape index (κ2) is 7.86. The maximum absolute atomic E-state index is 13.7. The van der Waals surface area contributed by atoms with E-state index in [0.29, 0.717) is 35.5 Å². The molecule has 27 heavy (non-hydrogen) atoms. The molecule has 0 radical (unpaired) electrons. The van der Waals surface area contributed by atoms with Crippen LogP contribution in [-0.2, 0) is 11.3 Å². The third-order valence-corrected chi connectivity index (χ3v) is 5.60. The Labute approximate surface area is 162 Å². The summed E-state index contributed by atoms with van der Waals surface area (Å²) in [5, 5.41) is 11.6. The number of hydrogen-bond acceptors (Lipinski definition) is 3. The van der Waals surface area contributed by atoms with Crippen molar-refractivity contribution in [3.8, 4) is 0 Å². The number of aliphatic hydroxyl groups is 1. The molecule has 0 saturated heterocycles. The lowest BCUT2D eigenvalue weighted by Crippen LogP contribution is -2.41. The summed E-state index contributed by atoms with van der Waals surface area (Å²) in [6, 6.07) is 5.41. The lowest BCUT2D eigenvalue weighted by Gasteiger charge is -2.36. The van der Waals surface area contributed by atoms with Crippen molar-refractivity contribution in [2.45, 2.75) is 56.6 Å². The summed E-state index contributed by atoms with van der Waals surface area (Å²) in [5.41, 5.74) is -0.209. The number of fused-ring (bicyclic) bond motifs is 1. The summed E-state index contributed by atoms with van der Waals surface area (Å²) in [6.07, 6.45) is 1.54. The van der Waals surface area contributed by atoms with Gasteiger partial charge in [0.15, 0.2) is 5.78 Å². The average molecular weight is 400 g/mol. The summed E-state index contributed by atoms with van der Waals surface area (Å²) >= 11 is 6.32. The second-order valence-corrected chi connectivity index (χ2v) is 7.80. The van der Waals surface area contributed by atoms with Crippen LogP contribution < -0.4 is 0 Å². The van der Waals surface area contributed by atoms with Gasteiger partial charge in [0.05, 0.1) is 22.7 Å². The number of halogens is 3. The van der Waals surface area contributed by atoms with Crippen molar-refractivity contribution in [2.75, 3.05) is 13.7 Å². The lowest BCUT2D eigenvalue weighted by atomic mass is 9.79. The van der Waals surface area contributed by atoms with Crippen LogP contribution in [0.3, 0.4) is 0 Å². The topological polar surface area (TPSA) is 51.5 Å². The van der Waals surface area contributed by atoms with Crippen LogP contribution in [-0.4, -0.2) is 40.7 Å². The van der Waals surface area contributed by atoms with Crippen LogP contribution in [0.1, 0.15) is 48.9 Å². The minimum absolute atomic E-state index is 0.00118. The van der Waals surface area contributed by atoms with E-state index in [1.54, 1.807) is 19.4 Å². The number of aromatic nitrogens is 1. The Morgan fingerprint density at radius 2 is 2.15 bits per heavy atom. The van der Waals surface area contributed by atoms with E-state index in [-0.39, 0.29) is 31.5 Å². The van der Waals surface area contributed by atoms with Gasteiger partial charge in [0, 0.05) is 50.1 Å². The van der Waals surface area contributed by atoms with E-state index in [1.165, 1.54) is 0 Å². The number of ketones is 1. The first-order chi connectivity index (χ1) is 12.7. The van der Waals surface area contributed by atoms with E-state index in [2.05, 4.69) is 0 Å². The molecule has 1 fully saturated rings. The van der Waals surface area contributed by atoms with E-state index in [4.69, 9.17) is 16.3 Å².